The maximum Gasteiger partial charge on any atom is 0.0943 e. The smallest absolute Gasteiger partial charge is 0.0943 e. The van der Waals surface area contributed by atoms with Gasteiger partial charge in [0.25, 0.3) is 0 Å². The van der Waals surface area contributed by atoms with Gasteiger partial charge in [0, 0.05) is 13.1 Å². The van der Waals surface area contributed by atoms with Gasteiger partial charge in [-0.15, -0.1) is 6.58 Å². The van der Waals surface area contributed by atoms with E-state index in [1.165, 1.54) is 11.1 Å². The van der Waals surface area contributed by atoms with E-state index in [0.717, 1.165) is 13.1 Å². The summed E-state index contributed by atoms with van der Waals surface area (Å²) in [6.45, 7) is 7.29. The summed E-state index contributed by atoms with van der Waals surface area (Å²) in [5.41, 5.74) is 2.47. The molecule has 1 unspecified atom stereocenters. The number of hydrogen-bond acceptors (Lipinski definition) is 2. The molecule has 20 heavy (non-hydrogen) atoms. The lowest BCUT2D eigenvalue weighted by Crippen LogP contribution is -2.27. The predicted octanol–water partition coefficient (Wildman–Crippen LogP) is 4.19. The SMILES string of the molecule is C=CC(C)ON(Cc1ccccc1)Cc1ccccc1. The van der Waals surface area contributed by atoms with Crippen molar-refractivity contribution in [3.63, 3.8) is 0 Å². The molecule has 104 valence electrons. The molecule has 0 heterocycles. The van der Waals surface area contributed by atoms with Crippen LogP contribution in [0.1, 0.15) is 18.1 Å². The fourth-order valence-electron chi connectivity index (χ4n) is 1.98. The Morgan fingerprint density at radius 1 is 0.950 bits per heavy atom. The van der Waals surface area contributed by atoms with E-state index in [-0.39, 0.29) is 6.10 Å². The fraction of sp³-hybridized carbons (Fsp3) is 0.222. The van der Waals surface area contributed by atoms with Crippen molar-refractivity contribution in [2.45, 2.75) is 26.1 Å². The average Bonchev–Trinajstić information content (AvgIpc) is 2.49. The molecule has 1 atom stereocenters. The number of hydrogen-bond donors (Lipinski definition) is 0. The lowest BCUT2D eigenvalue weighted by molar-refractivity contribution is -0.193. The van der Waals surface area contributed by atoms with Crippen LogP contribution >= 0.6 is 0 Å². The molecule has 0 amide bonds. The maximum absolute atomic E-state index is 5.92. The Morgan fingerprint density at radius 2 is 1.40 bits per heavy atom. The van der Waals surface area contributed by atoms with Gasteiger partial charge in [0.05, 0.1) is 6.10 Å². The van der Waals surface area contributed by atoms with Crippen LogP contribution in [0, 0.1) is 0 Å². The van der Waals surface area contributed by atoms with Gasteiger partial charge in [-0.2, -0.15) is 5.06 Å². The Balaban J connectivity index is 2.06. The van der Waals surface area contributed by atoms with Crippen LogP contribution in [0.2, 0.25) is 0 Å². The Kier molecular flexibility index (Phi) is 5.54. The monoisotopic (exact) mass is 267 g/mol. The van der Waals surface area contributed by atoms with Gasteiger partial charge in [-0.3, -0.25) is 4.84 Å². The molecule has 2 rings (SSSR count). The Hall–Kier alpha value is -1.90. The summed E-state index contributed by atoms with van der Waals surface area (Å²) in [5.74, 6) is 0. The molecule has 0 spiro atoms. The van der Waals surface area contributed by atoms with Crippen LogP contribution in [-0.2, 0) is 17.9 Å². The summed E-state index contributed by atoms with van der Waals surface area (Å²) >= 11 is 0. The minimum absolute atomic E-state index is 0.00224. The van der Waals surface area contributed by atoms with Crippen LogP contribution in [0.5, 0.6) is 0 Å². The standard InChI is InChI=1S/C18H21NO/c1-3-16(2)20-19(14-17-10-6-4-7-11-17)15-18-12-8-5-9-13-18/h3-13,16H,1,14-15H2,2H3. The second-order valence-electron chi connectivity index (χ2n) is 4.82. The zero-order valence-corrected chi connectivity index (χ0v) is 11.9. The molecule has 0 fully saturated rings. The Labute approximate surface area is 121 Å². The third kappa shape index (κ3) is 4.65. The number of rotatable bonds is 7. The van der Waals surface area contributed by atoms with E-state index in [1.54, 1.807) is 0 Å². The summed E-state index contributed by atoms with van der Waals surface area (Å²) in [6.07, 6.45) is 1.81. The second-order valence-corrected chi connectivity index (χ2v) is 4.82. The van der Waals surface area contributed by atoms with Crippen molar-refractivity contribution in [3.8, 4) is 0 Å². The van der Waals surface area contributed by atoms with Crippen molar-refractivity contribution in [1.29, 1.82) is 0 Å². The Morgan fingerprint density at radius 3 is 1.80 bits per heavy atom. The molecule has 0 saturated heterocycles. The van der Waals surface area contributed by atoms with Crippen molar-refractivity contribution >= 4 is 0 Å². The minimum atomic E-state index is 0.00224. The molecule has 0 aliphatic rings. The third-order valence-corrected chi connectivity index (χ3v) is 3.05. The normalized spacial score (nSPS) is 12.3. The molecule has 2 nitrogen and oxygen atoms in total. The molecule has 2 heteroatoms. The van der Waals surface area contributed by atoms with E-state index < -0.39 is 0 Å². The quantitative estimate of drug-likeness (QED) is 0.551. The first-order valence-corrected chi connectivity index (χ1v) is 6.90. The molecule has 0 bridgehead atoms. The van der Waals surface area contributed by atoms with E-state index >= 15 is 0 Å². The van der Waals surface area contributed by atoms with Crippen LogP contribution in [-0.4, -0.2) is 11.2 Å². The van der Waals surface area contributed by atoms with Crippen LogP contribution in [0.15, 0.2) is 73.3 Å². The first-order chi connectivity index (χ1) is 9.78. The number of nitrogens with zero attached hydrogens (tertiary/aromatic N) is 1. The van der Waals surface area contributed by atoms with Crippen molar-refractivity contribution in [2.24, 2.45) is 0 Å². The second kappa shape index (κ2) is 7.63. The topological polar surface area (TPSA) is 12.5 Å². The van der Waals surface area contributed by atoms with Gasteiger partial charge in [0.15, 0.2) is 0 Å². The van der Waals surface area contributed by atoms with Crippen LogP contribution in [0.4, 0.5) is 0 Å². The number of hydroxylamine groups is 2. The first-order valence-electron chi connectivity index (χ1n) is 6.90. The van der Waals surface area contributed by atoms with Gasteiger partial charge < -0.3 is 0 Å². The molecule has 0 aromatic heterocycles. The fourth-order valence-corrected chi connectivity index (χ4v) is 1.98. The summed E-state index contributed by atoms with van der Waals surface area (Å²) in [4.78, 5) is 5.92. The molecule has 2 aromatic rings. The maximum atomic E-state index is 5.92. The molecule has 0 N–H and O–H groups in total. The molecule has 0 saturated carbocycles. The Bertz CT molecular complexity index is 468. The molecular formula is C18H21NO. The van der Waals surface area contributed by atoms with Crippen molar-refractivity contribution in [3.05, 3.63) is 84.4 Å². The number of benzene rings is 2. The zero-order chi connectivity index (χ0) is 14.2. The lowest BCUT2D eigenvalue weighted by Gasteiger charge is -2.24. The highest BCUT2D eigenvalue weighted by molar-refractivity contribution is 5.16. The zero-order valence-electron chi connectivity index (χ0n) is 11.9. The largest absolute Gasteiger partial charge is 0.291 e. The molecule has 0 aliphatic heterocycles. The first kappa shape index (κ1) is 14.5. The van der Waals surface area contributed by atoms with Gasteiger partial charge in [-0.05, 0) is 18.1 Å². The molecular weight excluding hydrogens is 246 g/mol. The molecule has 0 radical (unpaired) electrons. The third-order valence-electron chi connectivity index (χ3n) is 3.05. The van der Waals surface area contributed by atoms with E-state index in [9.17, 15) is 0 Å². The highest BCUT2D eigenvalue weighted by Gasteiger charge is 2.10. The summed E-state index contributed by atoms with van der Waals surface area (Å²) < 4.78 is 0. The summed E-state index contributed by atoms with van der Waals surface area (Å²) in [6, 6.07) is 20.7. The van der Waals surface area contributed by atoms with Gasteiger partial charge >= 0.3 is 0 Å². The van der Waals surface area contributed by atoms with Gasteiger partial charge in [-0.25, -0.2) is 0 Å². The van der Waals surface area contributed by atoms with Gasteiger partial charge in [0.1, 0.15) is 0 Å². The van der Waals surface area contributed by atoms with Crippen molar-refractivity contribution in [1.82, 2.24) is 5.06 Å². The van der Waals surface area contributed by atoms with Gasteiger partial charge in [0.2, 0.25) is 0 Å². The molecule has 2 aromatic carbocycles. The van der Waals surface area contributed by atoms with Crippen molar-refractivity contribution in [2.75, 3.05) is 0 Å². The van der Waals surface area contributed by atoms with Crippen molar-refractivity contribution < 1.29 is 4.84 Å². The van der Waals surface area contributed by atoms with E-state index in [0.29, 0.717) is 0 Å². The minimum Gasteiger partial charge on any atom is -0.291 e. The van der Waals surface area contributed by atoms with E-state index in [1.807, 2.05) is 54.5 Å². The highest BCUT2D eigenvalue weighted by Crippen LogP contribution is 2.12. The van der Waals surface area contributed by atoms with Crippen LogP contribution in [0.3, 0.4) is 0 Å². The predicted molar refractivity (Wildman–Crippen MR) is 82.9 cm³/mol. The average molecular weight is 267 g/mol. The summed E-state index contributed by atoms with van der Waals surface area (Å²) in [5, 5.41) is 1.98. The summed E-state index contributed by atoms with van der Waals surface area (Å²) in [7, 11) is 0. The molecule has 0 aliphatic carbocycles. The van der Waals surface area contributed by atoms with E-state index in [2.05, 4.69) is 30.8 Å². The lowest BCUT2D eigenvalue weighted by atomic mass is 10.2. The highest BCUT2D eigenvalue weighted by atomic mass is 16.7. The van der Waals surface area contributed by atoms with Crippen LogP contribution < -0.4 is 0 Å². The van der Waals surface area contributed by atoms with Crippen LogP contribution in [0.25, 0.3) is 0 Å². The van der Waals surface area contributed by atoms with E-state index in [4.69, 9.17) is 4.84 Å². The van der Waals surface area contributed by atoms with Gasteiger partial charge in [-0.1, -0.05) is 66.7 Å².